The maximum atomic E-state index is 11.9. The average Bonchev–Trinajstić information content (AvgIpc) is 2.87. The Labute approximate surface area is 121 Å². The van der Waals surface area contributed by atoms with Crippen molar-refractivity contribution < 1.29 is 24.2 Å². The van der Waals surface area contributed by atoms with Gasteiger partial charge < -0.3 is 20.9 Å². The predicted octanol–water partition coefficient (Wildman–Crippen LogP) is -1.06. The third kappa shape index (κ3) is 4.88. The van der Waals surface area contributed by atoms with Crippen molar-refractivity contribution in [3.05, 3.63) is 18.0 Å². The first-order valence-electron chi connectivity index (χ1n) is 6.19. The topological polar surface area (TPSA) is 137 Å². The molecule has 1 heterocycles. The largest absolute Gasteiger partial charge is 0.480 e. The predicted molar refractivity (Wildman–Crippen MR) is 71.0 cm³/mol. The number of hydrogen-bond acceptors (Lipinski definition) is 6. The van der Waals surface area contributed by atoms with Crippen molar-refractivity contribution >= 4 is 17.8 Å². The number of esters is 1. The number of hydrogen-bond donors (Lipinski definition) is 3. The summed E-state index contributed by atoms with van der Waals surface area (Å²) in [7, 11) is 2.87. The summed E-state index contributed by atoms with van der Waals surface area (Å²) >= 11 is 0. The van der Waals surface area contributed by atoms with E-state index >= 15 is 0 Å². The zero-order valence-electron chi connectivity index (χ0n) is 11.8. The van der Waals surface area contributed by atoms with E-state index in [0.717, 1.165) is 0 Å². The van der Waals surface area contributed by atoms with E-state index in [9.17, 15) is 14.4 Å². The highest BCUT2D eigenvalue weighted by atomic mass is 16.5. The van der Waals surface area contributed by atoms with Crippen molar-refractivity contribution in [2.24, 2.45) is 12.8 Å². The van der Waals surface area contributed by atoms with E-state index in [4.69, 9.17) is 10.8 Å². The van der Waals surface area contributed by atoms with E-state index in [-0.39, 0.29) is 12.8 Å². The Morgan fingerprint density at radius 2 is 2.19 bits per heavy atom. The Hall–Kier alpha value is -2.42. The molecule has 0 aliphatic heterocycles. The summed E-state index contributed by atoms with van der Waals surface area (Å²) in [4.78, 5) is 34.0. The van der Waals surface area contributed by atoms with E-state index in [1.165, 1.54) is 18.0 Å². The van der Waals surface area contributed by atoms with Crippen LogP contribution >= 0.6 is 0 Å². The minimum atomic E-state index is -1.24. The van der Waals surface area contributed by atoms with Gasteiger partial charge in [-0.25, -0.2) is 4.79 Å². The highest BCUT2D eigenvalue weighted by Crippen LogP contribution is 2.09. The van der Waals surface area contributed by atoms with Gasteiger partial charge in [0.15, 0.2) is 0 Å². The van der Waals surface area contributed by atoms with Crippen molar-refractivity contribution in [2.45, 2.75) is 24.9 Å². The fourth-order valence-corrected chi connectivity index (χ4v) is 1.64. The van der Waals surface area contributed by atoms with Crippen molar-refractivity contribution in [3.63, 3.8) is 0 Å². The van der Waals surface area contributed by atoms with Gasteiger partial charge in [0.25, 0.3) is 0 Å². The fraction of sp³-hybridized carbons (Fsp3) is 0.500. The smallest absolute Gasteiger partial charge is 0.326 e. The molecule has 0 fully saturated rings. The molecule has 0 saturated heterocycles. The van der Waals surface area contributed by atoms with Gasteiger partial charge in [-0.05, 0) is 6.42 Å². The Kier molecular flexibility index (Phi) is 5.85. The van der Waals surface area contributed by atoms with Crippen LogP contribution in [0.1, 0.15) is 24.4 Å². The van der Waals surface area contributed by atoms with Gasteiger partial charge in [0.05, 0.1) is 13.3 Å². The summed E-state index contributed by atoms with van der Waals surface area (Å²) in [6.45, 7) is 0. The van der Waals surface area contributed by atoms with Gasteiger partial charge in [-0.15, -0.1) is 0 Å². The molecule has 0 aromatic carbocycles. The second-order valence-corrected chi connectivity index (χ2v) is 4.44. The number of aliphatic carboxylic acids is 1. The van der Waals surface area contributed by atoms with Crippen LogP contribution in [0, 0.1) is 0 Å². The zero-order valence-corrected chi connectivity index (χ0v) is 11.8. The van der Waals surface area contributed by atoms with E-state index in [1.54, 1.807) is 13.2 Å². The molecule has 116 valence electrons. The molecule has 0 spiro atoms. The number of carbonyl (C=O) groups excluding carboxylic acids is 2. The van der Waals surface area contributed by atoms with Gasteiger partial charge in [0, 0.05) is 25.2 Å². The van der Waals surface area contributed by atoms with Crippen LogP contribution in [0.4, 0.5) is 0 Å². The summed E-state index contributed by atoms with van der Waals surface area (Å²) in [5, 5.41) is 15.2. The first-order chi connectivity index (χ1) is 9.85. The molecular weight excluding hydrogens is 280 g/mol. The molecule has 1 rings (SSSR count). The Bertz CT molecular complexity index is 527. The molecule has 9 heteroatoms. The summed E-state index contributed by atoms with van der Waals surface area (Å²) in [6.07, 6.45) is 2.80. The van der Waals surface area contributed by atoms with Gasteiger partial charge in [-0.3, -0.25) is 14.3 Å². The van der Waals surface area contributed by atoms with Gasteiger partial charge in [0.2, 0.25) is 5.91 Å². The number of aryl methyl sites for hydroxylation is 1. The van der Waals surface area contributed by atoms with Crippen LogP contribution in [0.5, 0.6) is 0 Å². The van der Waals surface area contributed by atoms with Crippen LogP contribution in [-0.2, 0) is 26.2 Å². The number of nitrogens with zero attached hydrogens (tertiary/aromatic N) is 2. The fourth-order valence-electron chi connectivity index (χ4n) is 1.64. The average molecular weight is 298 g/mol. The third-order valence-corrected chi connectivity index (χ3v) is 2.85. The third-order valence-electron chi connectivity index (χ3n) is 2.85. The van der Waals surface area contributed by atoms with Crippen molar-refractivity contribution in [1.29, 1.82) is 0 Å². The van der Waals surface area contributed by atoms with E-state index in [2.05, 4.69) is 15.2 Å². The van der Waals surface area contributed by atoms with Crippen LogP contribution in [0.25, 0.3) is 0 Å². The van der Waals surface area contributed by atoms with E-state index in [1.807, 2.05) is 0 Å². The van der Waals surface area contributed by atoms with Gasteiger partial charge in [0.1, 0.15) is 12.1 Å². The first-order valence-corrected chi connectivity index (χ1v) is 6.19. The molecule has 0 aliphatic carbocycles. The number of ether oxygens (including phenoxy) is 1. The molecule has 9 nitrogen and oxygen atoms in total. The quantitative estimate of drug-likeness (QED) is 0.546. The van der Waals surface area contributed by atoms with Crippen LogP contribution in [0.3, 0.4) is 0 Å². The monoisotopic (exact) mass is 298 g/mol. The summed E-state index contributed by atoms with van der Waals surface area (Å²) in [5.74, 6) is -2.45. The first kappa shape index (κ1) is 16.6. The molecule has 0 saturated carbocycles. The number of rotatable bonds is 7. The normalized spacial score (nSPS) is 13.3. The highest BCUT2D eigenvalue weighted by molar-refractivity contribution is 5.87. The van der Waals surface area contributed by atoms with E-state index in [0.29, 0.717) is 5.56 Å². The lowest BCUT2D eigenvalue weighted by Crippen LogP contribution is -2.45. The number of carboxylic acid groups (broad SMARTS) is 1. The molecule has 1 aromatic rings. The lowest BCUT2D eigenvalue weighted by Gasteiger charge is -2.16. The summed E-state index contributed by atoms with van der Waals surface area (Å²) in [6, 6.07) is -2.24. The van der Waals surface area contributed by atoms with Crippen LogP contribution < -0.4 is 11.1 Å². The van der Waals surface area contributed by atoms with Gasteiger partial charge in [-0.2, -0.15) is 5.10 Å². The Balaban J connectivity index is 2.63. The summed E-state index contributed by atoms with van der Waals surface area (Å²) in [5.41, 5.74) is 6.20. The standard InChI is InChI=1S/C12H18N4O5/c1-16-6-7(5-14-16)10(13)11(18)15-8(12(19)20)3-4-9(17)21-2/h5-6,8,10H,3-4,13H2,1-2H3,(H,15,18)(H,19,20). The van der Waals surface area contributed by atoms with Crippen molar-refractivity contribution in [3.8, 4) is 0 Å². The Morgan fingerprint density at radius 1 is 1.52 bits per heavy atom. The zero-order chi connectivity index (χ0) is 16.0. The number of carboxylic acids is 1. The maximum Gasteiger partial charge on any atom is 0.326 e. The van der Waals surface area contributed by atoms with Crippen molar-refractivity contribution in [1.82, 2.24) is 15.1 Å². The SMILES string of the molecule is COC(=O)CCC(NC(=O)C(N)c1cnn(C)c1)C(=O)O. The lowest BCUT2D eigenvalue weighted by molar-refractivity contribution is -0.144. The van der Waals surface area contributed by atoms with Gasteiger partial charge in [-0.1, -0.05) is 0 Å². The molecule has 4 N–H and O–H groups in total. The van der Waals surface area contributed by atoms with Crippen LogP contribution in [0.2, 0.25) is 0 Å². The molecular formula is C12H18N4O5. The number of aromatic nitrogens is 2. The molecule has 2 atom stereocenters. The molecule has 1 amide bonds. The molecule has 21 heavy (non-hydrogen) atoms. The number of nitrogens with two attached hydrogens (primary N) is 1. The minimum Gasteiger partial charge on any atom is -0.480 e. The minimum absolute atomic E-state index is 0.0759. The molecule has 2 unspecified atom stereocenters. The second kappa shape index (κ2) is 7.39. The number of carbonyl (C=O) groups is 3. The molecule has 0 bridgehead atoms. The lowest BCUT2D eigenvalue weighted by atomic mass is 10.1. The van der Waals surface area contributed by atoms with Gasteiger partial charge >= 0.3 is 11.9 Å². The van der Waals surface area contributed by atoms with Crippen LogP contribution in [0.15, 0.2) is 12.4 Å². The van der Waals surface area contributed by atoms with E-state index < -0.39 is 29.9 Å². The second-order valence-electron chi connectivity index (χ2n) is 4.44. The number of methoxy groups -OCH3 is 1. The molecule has 0 radical (unpaired) electrons. The Morgan fingerprint density at radius 3 is 2.67 bits per heavy atom. The number of amides is 1. The summed E-state index contributed by atoms with van der Waals surface area (Å²) < 4.78 is 5.91. The highest BCUT2D eigenvalue weighted by Gasteiger charge is 2.25. The van der Waals surface area contributed by atoms with Crippen molar-refractivity contribution in [2.75, 3.05) is 7.11 Å². The van der Waals surface area contributed by atoms with Crippen LogP contribution in [-0.4, -0.2) is 45.9 Å². The molecule has 1 aromatic heterocycles. The number of nitrogens with one attached hydrogen (secondary N) is 1. The maximum absolute atomic E-state index is 11.9. The molecule has 0 aliphatic rings.